The number of rotatable bonds is 11. The lowest BCUT2D eigenvalue weighted by Gasteiger charge is -2.12. The summed E-state index contributed by atoms with van der Waals surface area (Å²) in [5.41, 5.74) is 0.236. The average Bonchev–Trinajstić information content (AvgIpc) is 2.77. The first-order valence-corrected chi connectivity index (χ1v) is 13.6. The second-order valence-corrected chi connectivity index (χ2v) is 10.9. The largest absolute Gasteiger partial charge is 0.478 e. The Balaban J connectivity index is 1.99. The van der Waals surface area contributed by atoms with Gasteiger partial charge in [-0.1, -0.05) is 0 Å². The summed E-state index contributed by atoms with van der Waals surface area (Å²) in [4.78, 5) is 35.0. The fourth-order valence-electron chi connectivity index (χ4n) is 3.29. The molecule has 38 heavy (non-hydrogen) atoms. The maximum absolute atomic E-state index is 11.4. The number of hydrogen-bond acceptors (Lipinski definition) is 11. The number of hydrogen-bond donors (Lipinski definition) is 6. The molecule has 0 saturated carbocycles. The van der Waals surface area contributed by atoms with Gasteiger partial charge in [-0.15, -0.1) is 0 Å². The molecule has 0 unspecified atom stereocenters. The third kappa shape index (κ3) is 7.90. The van der Waals surface area contributed by atoms with Crippen LogP contribution in [0.1, 0.15) is 37.7 Å². The van der Waals surface area contributed by atoms with Crippen molar-refractivity contribution >= 4 is 49.8 Å². The fraction of sp³-hybridized carbons (Fsp3) is 0.190. The number of anilines is 3. The predicted octanol–water partition coefficient (Wildman–Crippen LogP) is 1.46. The van der Waals surface area contributed by atoms with Crippen LogP contribution in [0.2, 0.25) is 0 Å². The van der Waals surface area contributed by atoms with E-state index in [0.29, 0.717) is 5.69 Å². The highest BCUT2D eigenvalue weighted by Gasteiger charge is 2.16. The molecule has 0 aliphatic rings. The third-order valence-corrected chi connectivity index (χ3v) is 6.62. The van der Waals surface area contributed by atoms with Crippen LogP contribution in [0.5, 0.6) is 0 Å². The fourth-order valence-corrected chi connectivity index (χ4v) is 4.36. The highest BCUT2D eigenvalue weighted by atomic mass is 32.2. The van der Waals surface area contributed by atoms with Crippen molar-refractivity contribution in [2.45, 2.75) is 18.2 Å². The monoisotopic (exact) mass is 567 g/mol. The molecule has 3 aromatic rings. The number of aromatic carboxylic acids is 2. The summed E-state index contributed by atoms with van der Waals surface area (Å²) in [6.07, 6.45) is -0.147. The molecule has 0 radical (unpaired) electrons. The molecule has 0 spiro atoms. The van der Waals surface area contributed by atoms with E-state index in [4.69, 9.17) is 4.55 Å². The molecule has 2 aromatic carbocycles. The van der Waals surface area contributed by atoms with Crippen molar-refractivity contribution in [2.75, 3.05) is 22.9 Å². The van der Waals surface area contributed by atoms with Crippen LogP contribution >= 0.6 is 0 Å². The average molecular weight is 568 g/mol. The Morgan fingerprint density at radius 1 is 0.868 bits per heavy atom. The van der Waals surface area contributed by atoms with Crippen LogP contribution in [0.4, 0.5) is 17.6 Å². The first kappa shape index (κ1) is 28.4. The van der Waals surface area contributed by atoms with E-state index in [9.17, 15) is 41.2 Å². The molecule has 0 saturated heterocycles. The molecule has 0 aliphatic heterocycles. The Labute approximate surface area is 216 Å². The molecule has 1 aromatic heterocycles. The van der Waals surface area contributed by atoms with Crippen LogP contribution < -0.4 is 10.6 Å². The molecule has 1 heterocycles. The van der Waals surface area contributed by atoms with Crippen LogP contribution in [0.15, 0.2) is 41.3 Å². The standard InChI is InChI=1S/C21H21N5O10S2/c1-11-6-15(2-3-16(11)38(34,35)36)23-21-25-17(24-20(26-21)22-4-5-37(31,32)33)9-12-7-13(18(27)28)10-14(8-12)19(29)30/h2-3,6-8,10H,4-5,9H2,1H3,(H,27,28)(H,29,30)(H,31,32,33)(H,34,35,36)(H2,22,23,24,25,26). The third-order valence-electron chi connectivity index (χ3n) is 4.88. The lowest BCUT2D eigenvalue weighted by atomic mass is 10.0. The van der Waals surface area contributed by atoms with Crippen molar-refractivity contribution in [3.63, 3.8) is 0 Å². The maximum Gasteiger partial charge on any atom is 0.335 e. The van der Waals surface area contributed by atoms with E-state index < -0.39 is 37.9 Å². The number of carboxylic acid groups (broad SMARTS) is 2. The summed E-state index contributed by atoms with van der Waals surface area (Å²) in [5, 5.41) is 24.1. The smallest absolute Gasteiger partial charge is 0.335 e. The van der Waals surface area contributed by atoms with Gasteiger partial charge in [0, 0.05) is 18.7 Å². The van der Waals surface area contributed by atoms with Gasteiger partial charge >= 0.3 is 11.9 Å². The van der Waals surface area contributed by atoms with Gasteiger partial charge < -0.3 is 20.8 Å². The minimum absolute atomic E-state index is 0.0296. The quantitative estimate of drug-likeness (QED) is 0.179. The second kappa shape index (κ2) is 11.1. The van der Waals surface area contributed by atoms with Crippen LogP contribution in [0, 0.1) is 6.92 Å². The number of carboxylic acids is 2. The Morgan fingerprint density at radius 2 is 1.47 bits per heavy atom. The van der Waals surface area contributed by atoms with Crippen LogP contribution in [-0.2, 0) is 26.7 Å². The zero-order valence-corrected chi connectivity index (χ0v) is 21.1. The zero-order valence-electron chi connectivity index (χ0n) is 19.5. The second-order valence-electron chi connectivity index (χ2n) is 7.90. The normalized spacial score (nSPS) is 11.7. The molecule has 0 atom stereocenters. The van der Waals surface area contributed by atoms with Gasteiger partial charge in [0.1, 0.15) is 5.82 Å². The van der Waals surface area contributed by atoms with Crippen LogP contribution in [0.3, 0.4) is 0 Å². The number of carbonyl (C=O) groups is 2. The molecule has 17 heteroatoms. The number of nitrogens with zero attached hydrogens (tertiary/aromatic N) is 3. The number of benzene rings is 2. The van der Waals surface area contributed by atoms with Gasteiger partial charge in [-0.2, -0.15) is 31.8 Å². The summed E-state index contributed by atoms with van der Waals surface area (Å²) >= 11 is 0. The lowest BCUT2D eigenvalue weighted by Crippen LogP contribution is -2.17. The van der Waals surface area contributed by atoms with Gasteiger partial charge in [0.15, 0.2) is 0 Å². The minimum Gasteiger partial charge on any atom is -0.478 e. The van der Waals surface area contributed by atoms with Gasteiger partial charge in [0.05, 0.1) is 21.8 Å². The number of nitrogens with one attached hydrogen (secondary N) is 2. The van der Waals surface area contributed by atoms with Gasteiger partial charge in [0.2, 0.25) is 11.9 Å². The van der Waals surface area contributed by atoms with E-state index in [1.807, 2.05) is 0 Å². The molecule has 202 valence electrons. The zero-order chi connectivity index (χ0) is 28.3. The molecular formula is C21H21N5O10S2. The van der Waals surface area contributed by atoms with Crippen molar-refractivity contribution in [1.29, 1.82) is 0 Å². The van der Waals surface area contributed by atoms with E-state index in [2.05, 4.69) is 25.6 Å². The molecular weight excluding hydrogens is 546 g/mol. The van der Waals surface area contributed by atoms with Crippen molar-refractivity contribution in [2.24, 2.45) is 0 Å². The summed E-state index contributed by atoms with van der Waals surface area (Å²) in [6.45, 7) is 1.17. The molecule has 6 N–H and O–H groups in total. The first-order valence-electron chi connectivity index (χ1n) is 10.5. The summed E-state index contributed by atoms with van der Waals surface area (Å²) in [6, 6.07) is 7.37. The molecule has 0 amide bonds. The summed E-state index contributed by atoms with van der Waals surface area (Å²) in [5.74, 6) is -3.53. The van der Waals surface area contributed by atoms with Crippen LogP contribution in [0.25, 0.3) is 0 Å². The van der Waals surface area contributed by atoms with E-state index in [-0.39, 0.29) is 57.8 Å². The molecule has 0 aliphatic carbocycles. The van der Waals surface area contributed by atoms with E-state index in [1.165, 1.54) is 31.2 Å². The SMILES string of the molecule is Cc1cc(Nc2nc(Cc3cc(C(=O)O)cc(C(=O)O)c3)nc(NCCS(=O)(=O)O)n2)ccc1S(=O)(=O)O. The topological polar surface area (TPSA) is 246 Å². The highest BCUT2D eigenvalue weighted by Crippen LogP contribution is 2.22. The Hall–Kier alpha value is -4.19. The summed E-state index contributed by atoms with van der Waals surface area (Å²) < 4.78 is 63.2. The van der Waals surface area contributed by atoms with Crippen molar-refractivity contribution in [3.8, 4) is 0 Å². The van der Waals surface area contributed by atoms with E-state index in [0.717, 1.165) is 12.1 Å². The van der Waals surface area contributed by atoms with Crippen molar-refractivity contribution < 1.29 is 45.7 Å². The Bertz CT molecular complexity index is 1590. The Kier molecular flexibility index (Phi) is 8.25. The van der Waals surface area contributed by atoms with Crippen molar-refractivity contribution in [1.82, 2.24) is 15.0 Å². The van der Waals surface area contributed by atoms with Crippen LogP contribution in [-0.4, -0.2) is 75.3 Å². The lowest BCUT2D eigenvalue weighted by molar-refractivity contribution is 0.0696. The highest BCUT2D eigenvalue weighted by molar-refractivity contribution is 7.86. The Morgan fingerprint density at radius 3 is 2.00 bits per heavy atom. The maximum atomic E-state index is 11.4. The molecule has 0 fully saturated rings. The van der Waals surface area contributed by atoms with Gasteiger partial charge in [-0.05, 0) is 54.4 Å². The van der Waals surface area contributed by atoms with E-state index >= 15 is 0 Å². The van der Waals surface area contributed by atoms with Crippen molar-refractivity contribution in [3.05, 3.63) is 64.5 Å². The number of aromatic nitrogens is 3. The predicted molar refractivity (Wildman–Crippen MR) is 132 cm³/mol. The molecule has 15 nitrogen and oxygen atoms in total. The molecule has 0 bridgehead atoms. The van der Waals surface area contributed by atoms with Gasteiger partial charge in [-0.25, -0.2) is 9.59 Å². The summed E-state index contributed by atoms with van der Waals surface area (Å²) in [7, 11) is -8.73. The minimum atomic E-state index is -4.45. The van der Waals surface area contributed by atoms with E-state index in [1.54, 1.807) is 0 Å². The molecule has 3 rings (SSSR count). The first-order chi connectivity index (χ1) is 17.6. The number of aryl methyl sites for hydroxylation is 1. The van der Waals surface area contributed by atoms with Gasteiger partial charge in [-0.3, -0.25) is 9.11 Å². The van der Waals surface area contributed by atoms with Gasteiger partial charge in [0.25, 0.3) is 20.2 Å².